The zero-order valence-corrected chi connectivity index (χ0v) is 31.8. The summed E-state index contributed by atoms with van der Waals surface area (Å²) in [6.45, 7) is 3.75. The van der Waals surface area contributed by atoms with Crippen LogP contribution in [0.25, 0.3) is 0 Å². The van der Waals surface area contributed by atoms with Crippen LogP contribution in [0.3, 0.4) is 0 Å². The van der Waals surface area contributed by atoms with E-state index in [1.54, 1.807) is 0 Å². The van der Waals surface area contributed by atoms with Crippen LogP contribution in [0.4, 0.5) is 0 Å². The Morgan fingerprint density at radius 1 is 0.446 bits per heavy atom. The molecule has 0 aliphatic carbocycles. The second-order valence-corrected chi connectivity index (χ2v) is 14.3. The maximum Gasteiger partial charge on any atom is 0.184 e. The molecule has 9 nitrogen and oxygen atoms in total. The van der Waals surface area contributed by atoms with E-state index in [1.165, 1.54) is 0 Å². The third kappa shape index (κ3) is 11.4. The molecule has 2 aliphatic heterocycles. The molecule has 9 atom stereocenters. The maximum atomic E-state index is 11.6. The Balaban J connectivity index is 1.08. The van der Waals surface area contributed by atoms with E-state index in [0.717, 1.165) is 27.8 Å². The largest absolute Gasteiger partial charge is 0.371 e. The van der Waals surface area contributed by atoms with Gasteiger partial charge < -0.3 is 43.0 Å². The highest BCUT2D eigenvalue weighted by molar-refractivity contribution is 5.17. The Labute approximate surface area is 330 Å². The number of ether oxygens (including phenoxy) is 8. The minimum absolute atomic E-state index is 0.0610. The van der Waals surface area contributed by atoms with Gasteiger partial charge in [0, 0.05) is 6.42 Å². The molecule has 2 fully saturated rings. The topological polar surface area (TPSA) is 94.1 Å². The van der Waals surface area contributed by atoms with Crippen molar-refractivity contribution in [3.63, 3.8) is 0 Å². The number of rotatable bonds is 18. The van der Waals surface area contributed by atoms with Crippen LogP contribution in [0.1, 0.15) is 41.2 Å². The van der Waals surface area contributed by atoms with Crippen LogP contribution in [0.5, 0.6) is 0 Å². The first-order chi connectivity index (χ1) is 27.6. The minimum Gasteiger partial charge on any atom is -0.371 e. The summed E-state index contributed by atoms with van der Waals surface area (Å²) in [7, 11) is 0. The normalized spacial score (nSPS) is 26.5. The third-order valence-electron chi connectivity index (χ3n) is 10.1. The van der Waals surface area contributed by atoms with Crippen LogP contribution in [0.2, 0.25) is 0 Å². The molecule has 7 rings (SSSR count). The molecule has 56 heavy (non-hydrogen) atoms. The molecule has 2 aliphatic rings. The van der Waals surface area contributed by atoms with Gasteiger partial charge in [-0.2, -0.15) is 0 Å². The van der Waals surface area contributed by atoms with Crippen molar-refractivity contribution in [3.05, 3.63) is 179 Å². The van der Waals surface area contributed by atoms with Crippen molar-refractivity contribution in [1.82, 2.24) is 0 Å². The Morgan fingerprint density at radius 2 is 0.821 bits per heavy atom. The molecular weight excluding hydrogens is 709 g/mol. The zero-order valence-electron chi connectivity index (χ0n) is 31.8. The monoisotopic (exact) mass is 760 g/mol. The number of aliphatic hydroxyl groups excluding tert-OH is 1. The van der Waals surface area contributed by atoms with E-state index in [9.17, 15) is 5.11 Å². The predicted molar refractivity (Wildman–Crippen MR) is 211 cm³/mol. The standard InChI is InChI=1S/C47H52O9/c1-34-43(51-29-36-19-9-3-10-20-36)40(49-28-35-17-7-2-8-18-35)27-42(55-34)50-33-41-44(52-30-37-21-11-4-12-22-37)45(53-31-38-23-13-5-14-24-38)46(47(48)56-41)54-32-39-25-15-6-16-26-39/h2-26,34,40-48H,27-33H2,1H3/t34-,40-,41+,42+,43+,44+,45-,46+,47-/m0/s1. The second-order valence-electron chi connectivity index (χ2n) is 14.3. The van der Waals surface area contributed by atoms with Gasteiger partial charge in [-0.25, -0.2) is 0 Å². The Bertz CT molecular complexity index is 1820. The van der Waals surface area contributed by atoms with Crippen molar-refractivity contribution in [1.29, 1.82) is 0 Å². The van der Waals surface area contributed by atoms with Gasteiger partial charge in [0.05, 0.1) is 51.8 Å². The first-order valence-electron chi connectivity index (χ1n) is 19.5. The van der Waals surface area contributed by atoms with Gasteiger partial charge in [-0.05, 0) is 34.7 Å². The fourth-order valence-corrected chi connectivity index (χ4v) is 7.16. The summed E-state index contributed by atoms with van der Waals surface area (Å²) in [5, 5.41) is 11.6. The molecule has 5 aromatic rings. The summed E-state index contributed by atoms with van der Waals surface area (Å²) in [5.41, 5.74) is 5.09. The highest BCUT2D eigenvalue weighted by Gasteiger charge is 2.49. The van der Waals surface area contributed by atoms with Crippen molar-refractivity contribution >= 4 is 0 Å². The molecule has 0 radical (unpaired) electrons. The van der Waals surface area contributed by atoms with E-state index in [0.29, 0.717) is 26.2 Å². The van der Waals surface area contributed by atoms with Crippen LogP contribution in [-0.4, -0.2) is 67.0 Å². The first-order valence-corrected chi connectivity index (χ1v) is 19.5. The SMILES string of the molecule is C[C@@H]1O[C@@H](OC[C@H]2O[C@H](O)[C@H](OCc3ccccc3)[C@@H](OCc3ccccc3)[C@@H]2OCc2ccccc2)C[C@H](OCc2ccccc2)[C@@H]1OCc1ccccc1. The molecule has 0 saturated carbocycles. The number of aliphatic hydroxyl groups is 1. The van der Waals surface area contributed by atoms with Crippen molar-refractivity contribution in [2.75, 3.05) is 6.61 Å². The van der Waals surface area contributed by atoms with E-state index in [-0.39, 0.29) is 38.1 Å². The lowest BCUT2D eigenvalue weighted by atomic mass is 9.97. The van der Waals surface area contributed by atoms with Crippen LogP contribution < -0.4 is 0 Å². The molecule has 1 N–H and O–H groups in total. The summed E-state index contributed by atoms with van der Waals surface area (Å²) in [4.78, 5) is 0. The summed E-state index contributed by atoms with van der Waals surface area (Å²) in [6, 6.07) is 49.9. The predicted octanol–water partition coefficient (Wildman–Crippen LogP) is 7.78. The minimum atomic E-state index is -1.31. The summed E-state index contributed by atoms with van der Waals surface area (Å²) >= 11 is 0. The fourth-order valence-electron chi connectivity index (χ4n) is 7.16. The molecule has 0 bridgehead atoms. The first kappa shape index (κ1) is 40.0. The number of hydrogen-bond donors (Lipinski definition) is 1. The smallest absolute Gasteiger partial charge is 0.184 e. The summed E-state index contributed by atoms with van der Waals surface area (Å²) < 4.78 is 52.0. The maximum absolute atomic E-state index is 11.6. The molecule has 9 heteroatoms. The highest BCUT2D eigenvalue weighted by Crippen LogP contribution is 2.32. The van der Waals surface area contributed by atoms with Crippen LogP contribution >= 0.6 is 0 Å². The van der Waals surface area contributed by atoms with Crippen molar-refractivity contribution in [3.8, 4) is 0 Å². The van der Waals surface area contributed by atoms with E-state index in [2.05, 4.69) is 0 Å². The molecular formula is C47H52O9. The van der Waals surface area contributed by atoms with E-state index >= 15 is 0 Å². The van der Waals surface area contributed by atoms with Gasteiger partial charge in [-0.3, -0.25) is 0 Å². The molecule has 294 valence electrons. The lowest BCUT2D eigenvalue weighted by Gasteiger charge is -2.45. The van der Waals surface area contributed by atoms with Gasteiger partial charge in [-0.1, -0.05) is 152 Å². The molecule has 2 heterocycles. The van der Waals surface area contributed by atoms with Gasteiger partial charge in [0.1, 0.15) is 30.5 Å². The molecule has 0 spiro atoms. The number of benzene rings is 5. The van der Waals surface area contributed by atoms with Crippen molar-refractivity contribution < 1.29 is 43.0 Å². The van der Waals surface area contributed by atoms with Crippen LogP contribution in [0, 0.1) is 0 Å². The van der Waals surface area contributed by atoms with Gasteiger partial charge in [0.2, 0.25) is 0 Å². The van der Waals surface area contributed by atoms with E-state index < -0.39 is 37.0 Å². The zero-order chi connectivity index (χ0) is 38.4. The lowest BCUT2D eigenvalue weighted by molar-refractivity contribution is -0.328. The van der Waals surface area contributed by atoms with Crippen LogP contribution in [0.15, 0.2) is 152 Å². The number of hydrogen-bond acceptors (Lipinski definition) is 9. The Morgan fingerprint density at radius 3 is 1.27 bits per heavy atom. The fraction of sp³-hybridized carbons (Fsp3) is 0.362. The molecule has 0 amide bonds. The van der Waals surface area contributed by atoms with Crippen molar-refractivity contribution in [2.45, 2.75) is 102 Å². The molecule has 0 unspecified atom stereocenters. The highest BCUT2D eigenvalue weighted by atomic mass is 16.7. The van der Waals surface area contributed by atoms with Gasteiger partial charge in [-0.15, -0.1) is 0 Å². The van der Waals surface area contributed by atoms with Crippen LogP contribution in [-0.2, 0) is 70.9 Å². The second kappa shape index (κ2) is 20.8. The quantitative estimate of drug-likeness (QED) is 0.0962. The average molecular weight is 761 g/mol. The molecule has 2 saturated heterocycles. The Hall–Kier alpha value is -4.26. The van der Waals surface area contributed by atoms with Gasteiger partial charge in [0.25, 0.3) is 0 Å². The summed E-state index contributed by atoms with van der Waals surface area (Å²) in [5.74, 6) is 0. The van der Waals surface area contributed by atoms with E-state index in [4.69, 9.17) is 37.9 Å². The average Bonchev–Trinajstić information content (AvgIpc) is 3.24. The Kier molecular flexibility index (Phi) is 14.8. The lowest BCUT2D eigenvalue weighted by Crippen LogP contribution is -2.61. The summed E-state index contributed by atoms with van der Waals surface area (Å²) in [6.07, 6.45) is -5.43. The molecule has 5 aromatic carbocycles. The molecule has 0 aromatic heterocycles. The third-order valence-corrected chi connectivity index (χ3v) is 10.1. The van der Waals surface area contributed by atoms with Crippen molar-refractivity contribution in [2.24, 2.45) is 0 Å². The van der Waals surface area contributed by atoms with Gasteiger partial charge in [0.15, 0.2) is 12.6 Å². The van der Waals surface area contributed by atoms with E-state index in [1.807, 2.05) is 159 Å². The van der Waals surface area contributed by atoms with Gasteiger partial charge >= 0.3 is 0 Å².